The number of carbonyl (C=O) groups excluding carboxylic acids is 1. The van der Waals surface area contributed by atoms with Gasteiger partial charge in [0.05, 0.1) is 6.42 Å². The maximum atomic E-state index is 12.4. The molecule has 1 saturated heterocycles. The Labute approximate surface area is 150 Å². The second-order valence-corrected chi connectivity index (χ2v) is 7.81. The summed E-state index contributed by atoms with van der Waals surface area (Å²) in [6.45, 7) is 1.68. The van der Waals surface area contributed by atoms with Crippen molar-refractivity contribution < 1.29 is 4.79 Å². The van der Waals surface area contributed by atoms with Gasteiger partial charge < -0.3 is 9.88 Å². The van der Waals surface area contributed by atoms with Gasteiger partial charge in [0.1, 0.15) is 0 Å². The van der Waals surface area contributed by atoms with Gasteiger partial charge in [-0.25, -0.2) is 0 Å². The summed E-state index contributed by atoms with van der Waals surface area (Å²) >= 11 is 7.72. The highest BCUT2D eigenvalue weighted by Crippen LogP contribution is 2.34. The van der Waals surface area contributed by atoms with Crippen LogP contribution in [0.25, 0.3) is 10.9 Å². The van der Waals surface area contributed by atoms with E-state index in [1.54, 1.807) is 11.3 Å². The Kier molecular flexibility index (Phi) is 4.33. The van der Waals surface area contributed by atoms with E-state index in [1.807, 2.05) is 34.5 Å². The molecule has 0 saturated carbocycles. The first kappa shape index (κ1) is 15.7. The molecule has 2 aromatic heterocycles. The number of nitrogens with one attached hydrogen (secondary N) is 1. The maximum Gasteiger partial charge on any atom is 0.227 e. The average molecular weight is 359 g/mol. The van der Waals surface area contributed by atoms with Crippen LogP contribution in [0.5, 0.6) is 0 Å². The number of thiophene rings is 1. The Bertz CT molecular complexity index is 848. The van der Waals surface area contributed by atoms with E-state index in [4.69, 9.17) is 11.6 Å². The number of benzene rings is 1. The highest BCUT2D eigenvalue weighted by Gasteiger charge is 2.25. The van der Waals surface area contributed by atoms with E-state index in [2.05, 4.69) is 17.2 Å². The van der Waals surface area contributed by atoms with Crippen molar-refractivity contribution in [3.05, 3.63) is 57.4 Å². The van der Waals surface area contributed by atoms with Crippen molar-refractivity contribution in [2.24, 2.45) is 0 Å². The molecule has 1 aliphatic heterocycles. The summed E-state index contributed by atoms with van der Waals surface area (Å²) in [5.74, 6) is 0.757. The molecule has 4 rings (SSSR count). The van der Waals surface area contributed by atoms with Crippen LogP contribution in [0.4, 0.5) is 0 Å². The van der Waals surface area contributed by atoms with Crippen LogP contribution in [0.2, 0.25) is 5.02 Å². The molecule has 1 aliphatic rings. The van der Waals surface area contributed by atoms with Crippen LogP contribution in [0.3, 0.4) is 0 Å². The molecular formula is C19H19ClN2OS. The van der Waals surface area contributed by atoms with Crippen LogP contribution in [0.1, 0.15) is 29.2 Å². The molecule has 0 radical (unpaired) electrons. The summed E-state index contributed by atoms with van der Waals surface area (Å²) in [7, 11) is 0. The Morgan fingerprint density at radius 1 is 1.29 bits per heavy atom. The molecule has 1 aromatic carbocycles. The number of halogens is 1. The SMILES string of the molecule is O=C(Cc1cccs1)N1CCC(c2c[nH]c3cc(Cl)ccc23)CC1. The van der Waals surface area contributed by atoms with Gasteiger partial charge in [0.2, 0.25) is 5.91 Å². The van der Waals surface area contributed by atoms with Gasteiger partial charge in [-0.2, -0.15) is 0 Å². The van der Waals surface area contributed by atoms with Crippen molar-refractivity contribution in [2.45, 2.75) is 25.2 Å². The first-order valence-electron chi connectivity index (χ1n) is 8.27. The van der Waals surface area contributed by atoms with Crippen LogP contribution in [-0.4, -0.2) is 28.9 Å². The summed E-state index contributed by atoms with van der Waals surface area (Å²) in [6.07, 6.45) is 4.68. The third kappa shape index (κ3) is 3.08. The van der Waals surface area contributed by atoms with Crippen molar-refractivity contribution in [2.75, 3.05) is 13.1 Å². The minimum absolute atomic E-state index is 0.251. The van der Waals surface area contributed by atoms with Crippen molar-refractivity contribution in [3.8, 4) is 0 Å². The molecule has 3 nitrogen and oxygen atoms in total. The van der Waals surface area contributed by atoms with Crippen molar-refractivity contribution in [1.82, 2.24) is 9.88 Å². The van der Waals surface area contributed by atoms with E-state index in [0.717, 1.165) is 41.3 Å². The fraction of sp³-hybridized carbons (Fsp3) is 0.316. The molecule has 0 atom stereocenters. The number of hydrogen-bond donors (Lipinski definition) is 1. The highest BCUT2D eigenvalue weighted by molar-refractivity contribution is 7.10. The normalized spacial score (nSPS) is 16.0. The smallest absolute Gasteiger partial charge is 0.227 e. The zero-order valence-electron chi connectivity index (χ0n) is 13.3. The molecule has 24 heavy (non-hydrogen) atoms. The number of hydrogen-bond acceptors (Lipinski definition) is 2. The van der Waals surface area contributed by atoms with Crippen molar-refractivity contribution in [3.63, 3.8) is 0 Å². The van der Waals surface area contributed by atoms with Crippen LogP contribution in [0, 0.1) is 0 Å². The van der Waals surface area contributed by atoms with Crippen molar-refractivity contribution >= 4 is 39.7 Å². The van der Waals surface area contributed by atoms with Gasteiger partial charge in [0.25, 0.3) is 0 Å². The zero-order valence-corrected chi connectivity index (χ0v) is 14.9. The number of H-pyrrole nitrogens is 1. The summed E-state index contributed by atoms with van der Waals surface area (Å²) in [4.78, 5) is 18.9. The number of piperidine rings is 1. The van der Waals surface area contributed by atoms with E-state index < -0.39 is 0 Å². The van der Waals surface area contributed by atoms with E-state index in [-0.39, 0.29) is 5.91 Å². The van der Waals surface area contributed by atoms with E-state index in [1.165, 1.54) is 10.9 Å². The molecule has 0 unspecified atom stereocenters. The van der Waals surface area contributed by atoms with Crippen molar-refractivity contribution in [1.29, 1.82) is 0 Å². The number of carbonyl (C=O) groups is 1. The third-order valence-electron chi connectivity index (χ3n) is 4.87. The molecule has 0 spiro atoms. The number of aromatic nitrogens is 1. The summed E-state index contributed by atoms with van der Waals surface area (Å²) in [5, 5.41) is 4.03. The third-order valence-corrected chi connectivity index (χ3v) is 5.98. The van der Waals surface area contributed by atoms with Crippen LogP contribution in [0.15, 0.2) is 41.9 Å². The average Bonchev–Trinajstić information content (AvgIpc) is 3.24. The molecule has 1 N–H and O–H groups in total. The first-order chi connectivity index (χ1) is 11.7. The Morgan fingerprint density at radius 3 is 2.88 bits per heavy atom. The lowest BCUT2D eigenvalue weighted by Gasteiger charge is -2.32. The Hall–Kier alpha value is -1.78. The predicted octanol–water partition coefficient (Wildman–Crippen LogP) is 4.83. The van der Waals surface area contributed by atoms with Gasteiger partial charge >= 0.3 is 0 Å². The van der Waals surface area contributed by atoms with E-state index in [0.29, 0.717) is 12.3 Å². The lowest BCUT2D eigenvalue weighted by Crippen LogP contribution is -2.38. The van der Waals surface area contributed by atoms with Crippen LogP contribution >= 0.6 is 22.9 Å². The van der Waals surface area contributed by atoms with E-state index in [9.17, 15) is 4.79 Å². The second-order valence-electron chi connectivity index (χ2n) is 6.35. The number of rotatable bonds is 3. The quantitative estimate of drug-likeness (QED) is 0.715. The molecule has 5 heteroatoms. The lowest BCUT2D eigenvalue weighted by molar-refractivity contribution is -0.131. The summed E-state index contributed by atoms with van der Waals surface area (Å²) in [5.41, 5.74) is 2.45. The fourth-order valence-electron chi connectivity index (χ4n) is 3.57. The lowest BCUT2D eigenvalue weighted by atomic mass is 9.89. The monoisotopic (exact) mass is 358 g/mol. The summed E-state index contributed by atoms with van der Waals surface area (Å²) < 4.78 is 0. The standard InChI is InChI=1S/C19H19ClN2OS/c20-14-3-4-16-17(12-21-18(16)10-14)13-5-7-22(8-6-13)19(23)11-15-2-1-9-24-15/h1-4,9-10,12-13,21H,5-8,11H2. The van der Waals surface area contributed by atoms with Crippen LogP contribution < -0.4 is 0 Å². The second kappa shape index (κ2) is 6.61. The molecule has 0 aliphatic carbocycles. The predicted molar refractivity (Wildman–Crippen MR) is 99.9 cm³/mol. The fourth-order valence-corrected chi connectivity index (χ4v) is 4.44. The van der Waals surface area contributed by atoms with Gasteiger partial charge in [-0.3, -0.25) is 4.79 Å². The number of nitrogens with zero attached hydrogens (tertiary/aromatic N) is 1. The minimum Gasteiger partial charge on any atom is -0.361 e. The molecule has 124 valence electrons. The Balaban J connectivity index is 1.43. The highest BCUT2D eigenvalue weighted by atomic mass is 35.5. The number of likely N-dealkylation sites (tertiary alicyclic amines) is 1. The summed E-state index contributed by atoms with van der Waals surface area (Å²) in [6, 6.07) is 10.0. The zero-order chi connectivity index (χ0) is 16.5. The molecule has 3 aromatic rings. The van der Waals surface area contributed by atoms with E-state index >= 15 is 0 Å². The molecular weight excluding hydrogens is 340 g/mol. The molecule has 0 bridgehead atoms. The number of amides is 1. The maximum absolute atomic E-state index is 12.4. The molecule has 1 amide bonds. The van der Waals surface area contributed by atoms with Crippen LogP contribution in [-0.2, 0) is 11.2 Å². The van der Waals surface area contributed by atoms with Gasteiger partial charge in [0, 0.05) is 40.1 Å². The molecule has 1 fully saturated rings. The first-order valence-corrected chi connectivity index (χ1v) is 9.53. The number of fused-ring (bicyclic) bond motifs is 1. The van der Waals surface area contributed by atoms with Gasteiger partial charge in [-0.15, -0.1) is 11.3 Å². The topological polar surface area (TPSA) is 36.1 Å². The minimum atomic E-state index is 0.251. The van der Waals surface area contributed by atoms with Gasteiger partial charge in [-0.1, -0.05) is 23.7 Å². The van der Waals surface area contributed by atoms with Gasteiger partial charge in [-0.05, 0) is 47.9 Å². The van der Waals surface area contributed by atoms with Gasteiger partial charge in [0.15, 0.2) is 0 Å². The largest absolute Gasteiger partial charge is 0.361 e. The molecule has 3 heterocycles. The Morgan fingerprint density at radius 2 is 2.12 bits per heavy atom. The number of aromatic amines is 1.